The summed E-state index contributed by atoms with van der Waals surface area (Å²) in [6.07, 6.45) is 5.25. The molecule has 0 spiro atoms. The van der Waals surface area contributed by atoms with E-state index in [-0.39, 0.29) is 0 Å². The minimum Gasteiger partial charge on any atom is -0.477 e. The molecule has 0 bridgehead atoms. The number of rotatable bonds is 5. The number of benzene rings is 1. The van der Waals surface area contributed by atoms with Gasteiger partial charge in [0.05, 0.1) is 11.5 Å². The first kappa shape index (κ1) is 16.9. The number of sulfone groups is 1. The van der Waals surface area contributed by atoms with Gasteiger partial charge in [-0.05, 0) is 55.6 Å². The molecule has 0 radical (unpaired) electrons. The lowest BCUT2D eigenvalue weighted by molar-refractivity contribution is 0.209. The van der Waals surface area contributed by atoms with Gasteiger partial charge in [-0.25, -0.2) is 13.4 Å². The second kappa shape index (κ2) is 7.32. The van der Waals surface area contributed by atoms with Crippen LogP contribution in [0.3, 0.4) is 0 Å². The molecule has 0 aliphatic carbocycles. The maximum Gasteiger partial charge on any atom is 0.213 e. The summed E-state index contributed by atoms with van der Waals surface area (Å²) in [5.74, 6) is 1.22. The number of pyridine rings is 1. The van der Waals surface area contributed by atoms with Gasteiger partial charge >= 0.3 is 0 Å². The predicted octanol–water partition coefficient (Wildman–Crippen LogP) is 2.53. The van der Waals surface area contributed by atoms with Crippen molar-refractivity contribution >= 4 is 9.84 Å². The number of hydrogen-bond donors (Lipinski definition) is 1. The normalized spacial score (nSPS) is 16.0. The lowest BCUT2D eigenvalue weighted by Gasteiger charge is -2.22. The van der Waals surface area contributed by atoms with Gasteiger partial charge in [-0.3, -0.25) is 0 Å². The lowest BCUT2D eigenvalue weighted by Crippen LogP contribution is -2.30. The van der Waals surface area contributed by atoms with E-state index in [2.05, 4.69) is 10.3 Å². The lowest BCUT2D eigenvalue weighted by atomic mass is 9.99. The third kappa shape index (κ3) is 4.33. The molecule has 24 heavy (non-hydrogen) atoms. The van der Waals surface area contributed by atoms with E-state index >= 15 is 0 Å². The van der Waals surface area contributed by atoms with Crippen LogP contribution in [0.1, 0.15) is 12.8 Å². The highest BCUT2D eigenvalue weighted by Crippen LogP contribution is 2.22. The molecule has 1 aliphatic heterocycles. The number of ether oxygens (including phenoxy) is 1. The van der Waals surface area contributed by atoms with Crippen molar-refractivity contribution in [2.75, 3.05) is 26.0 Å². The van der Waals surface area contributed by atoms with Crippen LogP contribution in [0, 0.1) is 5.92 Å². The van der Waals surface area contributed by atoms with Crippen molar-refractivity contribution in [1.29, 1.82) is 0 Å². The van der Waals surface area contributed by atoms with E-state index in [9.17, 15) is 8.42 Å². The fourth-order valence-electron chi connectivity index (χ4n) is 2.78. The summed E-state index contributed by atoms with van der Waals surface area (Å²) < 4.78 is 28.8. The van der Waals surface area contributed by atoms with Crippen LogP contribution in [0.2, 0.25) is 0 Å². The van der Waals surface area contributed by atoms with Gasteiger partial charge in [0.15, 0.2) is 9.84 Å². The van der Waals surface area contributed by atoms with Crippen molar-refractivity contribution in [3.63, 3.8) is 0 Å². The van der Waals surface area contributed by atoms with Crippen LogP contribution in [-0.2, 0) is 9.84 Å². The number of piperidine rings is 1. The van der Waals surface area contributed by atoms with E-state index in [0.717, 1.165) is 37.1 Å². The molecular formula is C18H22N2O3S. The zero-order valence-electron chi connectivity index (χ0n) is 13.7. The summed E-state index contributed by atoms with van der Waals surface area (Å²) in [5, 5.41) is 3.34. The first-order valence-corrected chi connectivity index (χ1v) is 10.0. The topological polar surface area (TPSA) is 68.3 Å². The van der Waals surface area contributed by atoms with Gasteiger partial charge in [0.1, 0.15) is 0 Å². The Kier molecular flexibility index (Phi) is 5.16. The Hall–Kier alpha value is -1.92. The fraction of sp³-hybridized carbons (Fsp3) is 0.389. The number of nitrogens with one attached hydrogen (secondary N) is 1. The Balaban J connectivity index is 1.63. The minimum atomic E-state index is -3.17. The smallest absolute Gasteiger partial charge is 0.213 e. The van der Waals surface area contributed by atoms with Crippen LogP contribution in [0.4, 0.5) is 0 Å². The maximum atomic E-state index is 11.5. The summed E-state index contributed by atoms with van der Waals surface area (Å²) in [7, 11) is -3.17. The Bertz CT molecular complexity index is 765. The van der Waals surface area contributed by atoms with Crippen molar-refractivity contribution in [1.82, 2.24) is 10.3 Å². The highest BCUT2D eigenvalue weighted by atomic mass is 32.2. The van der Waals surface area contributed by atoms with Gasteiger partial charge in [0.25, 0.3) is 0 Å². The van der Waals surface area contributed by atoms with Crippen LogP contribution < -0.4 is 10.1 Å². The quantitative estimate of drug-likeness (QED) is 0.901. The molecule has 2 aromatic rings. The molecule has 0 amide bonds. The molecule has 5 nitrogen and oxygen atoms in total. The summed E-state index contributed by atoms with van der Waals surface area (Å²) in [6, 6.07) is 10.6. The number of hydrogen-bond acceptors (Lipinski definition) is 5. The van der Waals surface area contributed by atoms with Crippen molar-refractivity contribution in [2.45, 2.75) is 17.7 Å². The van der Waals surface area contributed by atoms with E-state index in [1.165, 1.54) is 6.26 Å². The fourth-order valence-corrected chi connectivity index (χ4v) is 3.41. The summed E-state index contributed by atoms with van der Waals surface area (Å²) in [6.45, 7) is 2.82. The van der Waals surface area contributed by atoms with E-state index in [4.69, 9.17) is 4.74 Å². The van der Waals surface area contributed by atoms with Gasteiger partial charge in [-0.15, -0.1) is 0 Å². The summed E-state index contributed by atoms with van der Waals surface area (Å²) in [5.41, 5.74) is 1.86. The largest absolute Gasteiger partial charge is 0.477 e. The van der Waals surface area contributed by atoms with Crippen molar-refractivity contribution in [3.05, 3.63) is 42.6 Å². The minimum absolute atomic E-state index is 0.320. The van der Waals surface area contributed by atoms with E-state index in [1.807, 2.05) is 12.1 Å². The van der Waals surface area contributed by atoms with Crippen LogP contribution in [-0.4, -0.2) is 39.4 Å². The second-order valence-corrected chi connectivity index (χ2v) is 8.20. The zero-order chi connectivity index (χ0) is 17.0. The molecule has 1 aliphatic rings. The molecule has 1 aromatic carbocycles. The zero-order valence-corrected chi connectivity index (χ0v) is 14.6. The average molecular weight is 346 g/mol. The Morgan fingerprint density at radius 1 is 1.08 bits per heavy atom. The molecule has 3 rings (SSSR count). The highest BCUT2D eigenvalue weighted by molar-refractivity contribution is 7.90. The maximum absolute atomic E-state index is 11.5. The molecule has 1 N–H and O–H groups in total. The van der Waals surface area contributed by atoms with Gasteiger partial charge in [-0.1, -0.05) is 12.1 Å². The third-order valence-corrected chi connectivity index (χ3v) is 5.41. The van der Waals surface area contributed by atoms with Gasteiger partial charge < -0.3 is 10.1 Å². The molecule has 1 fully saturated rings. The van der Waals surface area contributed by atoms with Crippen LogP contribution in [0.15, 0.2) is 47.5 Å². The monoisotopic (exact) mass is 346 g/mol. The summed E-state index contributed by atoms with van der Waals surface area (Å²) >= 11 is 0. The molecule has 6 heteroatoms. The molecule has 0 unspecified atom stereocenters. The number of aromatic nitrogens is 1. The Labute approximate surface area is 143 Å². The Morgan fingerprint density at radius 2 is 1.75 bits per heavy atom. The van der Waals surface area contributed by atoms with Gasteiger partial charge in [0, 0.05) is 24.1 Å². The van der Waals surface area contributed by atoms with Crippen LogP contribution in [0.25, 0.3) is 11.1 Å². The SMILES string of the molecule is CS(=O)(=O)c1ccc(-c2ccc(OCC3CCNCC3)nc2)cc1. The standard InChI is InChI=1S/C18H22N2O3S/c1-24(21,22)17-5-2-15(3-6-17)16-4-7-18(20-12-16)23-13-14-8-10-19-11-9-14/h2-7,12,14,19H,8-11,13H2,1H3. The number of nitrogens with zero attached hydrogens (tertiary/aromatic N) is 1. The molecule has 0 atom stereocenters. The first-order valence-electron chi connectivity index (χ1n) is 8.12. The van der Waals surface area contributed by atoms with E-state index < -0.39 is 9.84 Å². The van der Waals surface area contributed by atoms with Crippen molar-refractivity contribution < 1.29 is 13.2 Å². The molecular weight excluding hydrogens is 324 g/mol. The molecule has 2 heterocycles. The van der Waals surface area contributed by atoms with Gasteiger partial charge in [-0.2, -0.15) is 0 Å². The van der Waals surface area contributed by atoms with E-state index in [1.54, 1.807) is 30.5 Å². The Morgan fingerprint density at radius 3 is 2.33 bits per heavy atom. The predicted molar refractivity (Wildman–Crippen MR) is 93.9 cm³/mol. The first-order chi connectivity index (χ1) is 11.5. The van der Waals surface area contributed by atoms with Crippen molar-refractivity contribution in [3.8, 4) is 17.0 Å². The third-order valence-electron chi connectivity index (χ3n) is 4.28. The van der Waals surface area contributed by atoms with E-state index in [0.29, 0.717) is 23.3 Å². The van der Waals surface area contributed by atoms with Crippen molar-refractivity contribution in [2.24, 2.45) is 5.92 Å². The molecule has 128 valence electrons. The second-order valence-electron chi connectivity index (χ2n) is 6.19. The average Bonchev–Trinajstić information content (AvgIpc) is 2.61. The van der Waals surface area contributed by atoms with Crippen LogP contribution >= 0.6 is 0 Å². The van der Waals surface area contributed by atoms with Crippen LogP contribution in [0.5, 0.6) is 5.88 Å². The highest BCUT2D eigenvalue weighted by Gasteiger charge is 2.14. The molecule has 1 saturated heterocycles. The molecule has 0 saturated carbocycles. The molecule has 1 aromatic heterocycles. The summed E-state index contributed by atoms with van der Waals surface area (Å²) in [4.78, 5) is 4.68. The van der Waals surface area contributed by atoms with Gasteiger partial charge in [0.2, 0.25) is 5.88 Å².